The molecule has 0 spiro atoms. The Hall–Kier alpha value is -1.31. The highest BCUT2D eigenvalue weighted by atomic mass is 15.0. The molecule has 0 N–H and O–H groups in total. The number of imidazole rings is 1. The van der Waals surface area contributed by atoms with Gasteiger partial charge < -0.3 is 4.57 Å². The van der Waals surface area contributed by atoms with Crippen molar-refractivity contribution in [3.05, 3.63) is 36.9 Å². The Bertz CT molecular complexity index is 320. The molecule has 2 rings (SSSR count). The number of allylic oxidation sites excluding steroid dienone is 4. The SMILES string of the molecule is CCC1C=CC(n2ccnc2)=CC1. The summed E-state index contributed by atoms with van der Waals surface area (Å²) < 4.78 is 2.04. The topological polar surface area (TPSA) is 17.8 Å². The van der Waals surface area contributed by atoms with Gasteiger partial charge in [-0.1, -0.05) is 19.1 Å². The number of hydrogen-bond donors (Lipinski definition) is 0. The maximum absolute atomic E-state index is 4.02. The second-order valence-corrected chi connectivity index (χ2v) is 3.36. The molecule has 0 radical (unpaired) electrons. The second kappa shape index (κ2) is 3.60. The van der Waals surface area contributed by atoms with E-state index in [0.29, 0.717) is 0 Å². The molecule has 0 amide bonds. The molecule has 1 atom stereocenters. The summed E-state index contributed by atoms with van der Waals surface area (Å²) >= 11 is 0. The quantitative estimate of drug-likeness (QED) is 0.674. The lowest BCUT2D eigenvalue weighted by Crippen LogP contribution is -2.00. The monoisotopic (exact) mass is 174 g/mol. The van der Waals surface area contributed by atoms with Crippen molar-refractivity contribution < 1.29 is 0 Å². The number of nitrogens with zero attached hydrogens (tertiary/aromatic N) is 2. The van der Waals surface area contributed by atoms with Crippen molar-refractivity contribution in [2.45, 2.75) is 19.8 Å². The van der Waals surface area contributed by atoms with Crippen molar-refractivity contribution in [2.75, 3.05) is 0 Å². The van der Waals surface area contributed by atoms with E-state index in [4.69, 9.17) is 0 Å². The fourth-order valence-corrected chi connectivity index (χ4v) is 1.56. The summed E-state index contributed by atoms with van der Waals surface area (Å²) in [5, 5.41) is 0. The highest BCUT2D eigenvalue weighted by Crippen LogP contribution is 2.21. The van der Waals surface area contributed by atoms with E-state index in [9.17, 15) is 0 Å². The Morgan fingerprint density at radius 1 is 1.62 bits per heavy atom. The summed E-state index contributed by atoms with van der Waals surface area (Å²) in [6.45, 7) is 2.23. The lowest BCUT2D eigenvalue weighted by Gasteiger charge is -2.14. The standard InChI is InChI=1S/C11H14N2/c1-2-10-3-5-11(6-4-10)13-8-7-12-9-13/h3,5-10H,2,4H2,1H3. The van der Waals surface area contributed by atoms with Gasteiger partial charge in [0.25, 0.3) is 0 Å². The van der Waals surface area contributed by atoms with E-state index in [1.54, 1.807) is 6.20 Å². The van der Waals surface area contributed by atoms with Crippen molar-refractivity contribution in [1.29, 1.82) is 0 Å². The van der Waals surface area contributed by atoms with Gasteiger partial charge in [-0.15, -0.1) is 0 Å². The summed E-state index contributed by atoms with van der Waals surface area (Å²) in [6, 6.07) is 0. The van der Waals surface area contributed by atoms with Crippen LogP contribution in [0.15, 0.2) is 36.9 Å². The molecule has 68 valence electrons. The molecule has 0 bridgehead atoms. The van der Waals surface area contributed by atoms with Crippen LogP contribution in [0, 0.1) is 5.92 Å². The van der Waals surface area contributed by atoms with Gasteiger partial charge in [-0.25, -0.2) is 4.98 Å². The lowest BCUT2D eigenvalue weighted by molar-refractivity contribution is 0.632. The van der Waals surface area contributed by atoms with E-state index in [1.807, 2.05) is 17.1 Å². The van der Waals surface area contributed by atoms with E-state index < -0.39 is 0 Å². The molecule has 13 heavy (non-hydrogen) atoms. The first-order chi connectivity index (χ1) is 6.40. The molecule has 1 heterocycles. The Morgan fingerprint density at radius 2 is 2.54 bits per heavy atom. The number of hydrogen-bond acceptors (Lipinski definition) is 1. The first kappa shape index (κ1) is 8.30. The highest BCUT2D eigenvalue weighted by molar-refractivity contribution is 5.58. The number of aromatic nitrogens is 2. The first-order valence-corrected chi connectivity index (χ1v) is 4.77. The van der Waals surface area contributed by atoms with Crippen LogP contribution in [0.4, 0.5) is 0 Å². The van der Waals surface area contributed by atoms with Crippen LogP contribution in [-0.4, -0.2) is 9.55 Å². The van der Waals surface area contributed by atoms with Gasteiger partial charge in [-0.3, -0.25) is 0 Å². The molecule has 0 aliphatic heterocycles. The van der Waals surface area contributed by atoms with Gasteiger partial charge in [0.2, 0.25) is 0 Å². The van der Waals surface area contributed by atoms with Crippen LogP contribution in [0.3, 0.4) is 0 Å². The van der Waals surface area contributed by atoms with E-state index in [-0.39, 0.29) is 0 Å². The molecule has 1 aromatic heterocycles. The van der Waals surface area contributed by atoms with Gasteiger partial charge in [0, 0.05) is 18.1 Å². The average Bonchev–Trinajstić information content (AvgIpc) is 2.71. The third-order valence-corrected chi connectivity index (χ3v) is 2.50. The summed E-state index contributed by atoms with van der Waals surface area (Å²) in [6.07, 6.45) is 14.7. The van der Waals surface area contributed by atoms with Gasteiger partial charge in [-0.05, 0) is 24.8 Å². The molecule has 0 saturated carbocycles. The number of rotatable bonds is 2. The average molecular weight is 174 g/mol. The van der Waals surface area contributed by atoms with Crippen molar-refractivity contribution in [2.24, 2.45) is 5.92 Å². The van der Waals surface area contributed by atoms with Crippen molar-refractivity contribution >= 4 is 5.70 Å². The first-order valence-electron chi connectivity index (χ1n) is 4.77. The Balaban J connectivity index is 2.13. The van der Waals surface area contributed by atoms with Gasteiger partial charge in [0.15, 0.2) is 0 Å². The van der Waals surface area contributed by atoms with E-state index in [2.05, 4.69) is 30.1 Å². The fraction of sp³-hybridized carbons (Fsp3) is 0.364. The van der Waals surface area contributed by atoms with Gasteiger partial charge >= 0.3 is 0 Å². The summed E-state index contributed by atoms with van der Waals surface area (Å²) in [7, 11) is 0. The van der Waals surface area contributed by atoms with Crippen LogP contribution in [-0.2, 0) is 0 Å². The fourth-order valence-electron chi connectivity index (χ4n) is 1.56. The molecule has 0 aromatic carbocycles. The third-order valence-electron chi connectivity index (χ3n) is 2.50. The van der Waals surface area contributed by atoms with Crippen molar-refractivity contribution in [3.63, 3.8) is 0 Å². The maximum Gasteiger partial charge on any atom is 0.0991 e. The molecule has 0 fully saturated rings. The lowest BCUT2D eigenvalue weighted by atomic mass is 9.97. The molecule has 0 saturated heterocycles. The van der Waals surface area contributed by atoms with Gasteiger partial charge in [0.05, 0.1) is 6.33 Å². The zero-order valence-electron chi connectivity index (χ0n) is 7.85. The predicted octanol–water partition coefficient (Wildman–Crippen LogP) is 2.71. The Kier molecular flexibility index (Phi) is 2.30. The predicted molar refractivity (Wildman–Crippen MR) is 54.0 cm³/mol. The van der Waals surface area contributed by atoms with E-state index in [1.165, 1.54) is 12.1 Å². The van der Waals surface area contributed by atoms with Crippen LogP contribution in [0.25, 0.3) is 5.70 Å². The minimum absolute atomic E-state index is 0.729. The van der Waals surface area contributed by atoms with Gasteiger partial charge in [0.1, 0.15) is 0 Å². The molecule has 1 unspecified atom stereocenters. The second-order valence-electron chi connectivity index (χ2n) is 3.36. The highest BCUT2D eigenvalue weighted by Gasteiger charge is 2.06. The zero-order valence-corrected chi connectivity index (χ0v) is 7.85. The molecule has 1 aromatic rings. The molecule has 1 aliphatic carbocycles. The molecular weight excluding hydrogens is 160 g/mol. The van der Waals surface area contributed by atoms with Crippen LogP contribution in [0.1, 0.15) is 19.8 Å². The molecule has 2 heteroatoms. The van der Waals surface area contributed by atoms with Crippen LogP contribution in [0.5, 0.6) is 0 Å². The van der Waals surface area contributed by atoms with Crippen LogP contribution >= 0.6 is 0 Å². The summed E-state index contributed by atoms with van der Waals surface area (Å²) in [5.41, 5.74) is 1.24. The normalized spacial score (nSPS) is 21.6. The van der Waals surface area contributed by atoms with E-state index >= 15 is 0 Å². The van der Waals surface area contributed by atoms with Crippen molar-refractivity contribution in [1.82, 2.24) is 9.55 Å². The van der Waals surface area contributed by atoms with Gasteiger partial charge in [-0.2, -0.15) is 0 Å². The Morgan fingerprint density at radius 3 is 3.08 bits per heavy atom. The molecular formula is C11H14N2. The Labute approximate surface area is 78.6 Å². The minimum atomic E-state index is 0.729. The molecule has 1 aliphatic rings. The molecule has 2 nitrogen and oxygen atoms in total. The summed E-state index contributed by atoms with van der Waals surface area (Å²) in [5.74, 6) is 0.729. The van der Waals surface area contributed by atoms with E-state index in [0.717, 1.165) is 12.3 Å². The van der Waals surface area contributed by atoms with Crippen LogP contribution < -0.4 is 0 Å². The smallest absolute Gasteiger partial charge is 0.0991 e. The van der Waals surface area contributed by atoms with Crippen molar-refractivity contribution in [3.8, 4) is 0 Å². The maximum atomic E-state index is 4.02. The zero-order chi connectivity index (χ0) is 9.10. The van der Waals surface area contributed by atoms with Crippen LogP contribution in [0.2, 0.25) is 0 Å². The summed E-state index contributed by atoms with van der Waals surface area (Å²) in [4.78, 5) is 4.02. The largest absolute Gasteiger partial charge is 0.307 e. The minimum Gasteiger partial charge on any atom is -0.307 e. The third kappa shape index (κ3) is 1.72.